The lowest BCUT2D eigenvalue weighted by molar-refractivity contribution is -0.121. The van der Waals surface area contributed by atoms with Gasteiger partial charge in [-0.1, -0.05) is 30.3 Å². The molecule has 0 bridgehead atoms. The van der Waals surface area contributed by atoms with Gasteiger partial charge in [0.25, 0.3) is 0 Å². The predicted molar refractivity (Wildman–Crippen MR) is 132 cm³/mol. The molecule has 6 nitrogen and oxygen atoms in total. The molecule has 1 aliphatic rings. The number of hydrogen-bond acceptors (Lipinski definition) is 3. The van der Waals surface area contributed by atoms with Gasteiger partial charge in [-0.2, -0.15) is 0 Å². The molecule has 1 aromatic carbocycles. The van der Waals surface area contributed by atoms with Crippen molar-refractivity contribution in [2.75, 3.05) is 19.6 Å². The topological polar surface area (TPSA) is 68.8 Å². The molecule has 2 unspecified atom stereocenters. The third kappa shape index (κ3) is 9.80. The number of amides is 1. The molecule has 0 saturated carbocycles. The summed E-state index contributed by atoms with van der Waals surface area (Å²) in [7, 11) is 0. The summed E-state index contributed by atoms with van der Waals surface area (Å²) in [6.07, 6.45) is 2.13. The van der Waals surface area contributed by atoms with Gasteiger partial charge in [0.05, 0.1) is 0 Å². The summed E-state index contributed by atoms with van der Waals surface area (Å²) in [4.78, 5) is 19.1. The molecule has 0 radical (unpaired) electrons. The van der Waals surface area contributed by atoms with Crippen LogP contribution in [0.5, 0.6) is 0 Å². The Morgan fingerprint density at radius 2 is 1.93 bits per heavy atom. The molecular formula is C22H38IN5O. The van der Waals surface area contributed by atoms with Gasteiger partial charge in [-0.15, -0.1) is 24.0 Å². The van der Waals surface area contributed by atoms with Gasteiger partial charge < -0.3 is 16.0 Å². The molecule has 1 aromatic rings. The zero-order valence-corrected chi connectivity index (χ0v) is 20.8. The van der Waals surface area contributed by atoms with E-state index in [4.69, 9.17) is 0 Å². The minimum Gasteiger partial charge on any atom is -0.357 e. The fraction of sp³-hybridized carbons (Fsp3) is 0.636. The number of carbonyl (C=O) groups is 1. The zero-order valence-electron chi connectivity index (χ0n) is 18.5. The molecule has 1 saturated heterocycles. The van der Waals surface area contributed by atoms with E-state index in [2.05, 4.69) is 63.1 Å². The van der Waals surface area contributed by atoms with Crippen LogP contribution in [0.3, 0.4) is 0 Å². The third-order valence-corrected chi connectivity index (χ3v) is 4.82. The molecule has 0 spiro atoms. The Kier molecular flexibility index (Phi) is 11.0. The van der Waals surface area contributed by atoms with Crippen LogP contribution in [0.25, 0.3) is 0 Å². The SMILES string of the molecule is CCNC(=NCC(=O)NC(C)(C)C)NC1CCN(Cc2ccccc2)C(C)C1.I. The van der Waals surface area contributed by atoms with Crippen LogP contribution in [0.4, 0.5) is 0 Å². The van der Waals surface area contributed by atoms with Crippen molar-refractivity contribution in [3.8, 4) is 0 Å². The lowest BCUT2D eigenvalue weighted by Gasteiger charge is -2.38. The second kappa shape index (κ2) is 12.4. The van der Waals surface area contributed by atoms with Crippen LogP contribution in [0, 0.1) is 0 Å². The summed E-state index contributed by atoms with van der Waals surface area (Å²) in [6, 6.07) is 11.5. The van der Waals surface area contributed by atoms with Crippen LogP contribution >= 0.6 is 24.0 Å². The van der Waals surface area contributed by atoms with E-state index in [9.17, 15) is 4.79 Å². The van der Waals surface area contributed by atoms with E-state index in [0.717, 1.165) is 38.4 Å². The fourth-order valence-electron chi connectivity index (χ4n) is 3.53. The first kappa shape index (κ1) is 25.7. The van der Waals surface area contributed by atoms with Crippen molar-refractivity contribution in [3.05, 3.63) is 35.9 Å². The van der Waals surface area contributed by atoms with Crippen LogP contribution in [0.2, 0.25) is 0 Å². The van der Waals surface area contributed by atoms with Crippen molar-refractivity contribution in [2.45, 2.75) is 71.6 Å². The molecule has 164 valence electrons. The number of aliphatic imine (C=N–C) groups is 1. The van der Waals surface area contributed by atoms with Gasteiger partial charge in [0.15, 0.2) is 5.96 Å². The van der Waals surface area contributed by atoms with Crippen LogP contribution in [0.15, 0.2) is 35.3 Å². The summed E-state index contributed by atoms with van der Waals surface area (Å²) >= 11 is 0. The highest BCUT2D eigenvalue weighted by Gasteiger charge is 2.26. The Hall–Kier alpha value is -1.35. The van der Waals surface area contributed by atoms with Crippen molar-refractivity contribution in [1.29, 1.82) is 0 Å². The highest BCUT2D eigenvalue weighted by molar-refractivity contribution is 14.0. The molecule has 2 rings (SSSR count). The Morgan fingerprint density at radius 1 is 1.24 bits per heavy atom. The minimum atomic E-state index is -0.237. The summed E-state index contributed by atoms with van der Waals surface area (Å²) < 4.78 is 0. The van der Waals surface area contributed by atoms with E-state index in [0.29, 0.717) is 12.1 Å². The lowest BCUT2D eigenvalue weighted by atomic mass is 9.97. The summed E-state index contributed by atoms with van der Waals surface area (Å²) in [5, 5.41) is 9.73. The second-order valence-corrected chi connectivity index (χ2v) is 8.66. The lowest BCUT2D eigenvalue weighted by Crippen LogP contribution is -2.51. The maximum Gasteiger partial charge on any atom is 0.242 e. The number of guanidine groups is 1. The third-order valence-electron chi connectivity index (χ3n) is 4.82. The number of likely N-dealkylation sites (tertiary alicyclic amines) is 1. The quantitative estimate of drug-likeness (QED) is 0.310. The molecule has 29 heavy (non-hydrogen) atoms. The molecule has 3 N–H and O–H groups in total. The highest BCUT2D eigenvalue weighted by Crippen LogP contribution is 2.19. The van der Waals surface area contributed by atoms with E-state index in [1.165, 1.54) is 5.56 Å². The number of nitrogens with one attached hydrogen (secondary N) is 3. The smallest absolute Gasteiger partial charge is 0.242 e. The molecule has 0 aliphatic carbocycles. The minimum absolute atomic E-state index is 0. The Morgan fingerprint density at radius 3 is 2.52 bits per heavy atom. The molecule has 1 fully saturated rings. The number of hydrogen-bond donors (Lipinski definition) is 3. The molecule has 2 atom stereocenters. The summed E-state index contributed by atoms with van der Waals surface area (Å²) in [6.45, 7) is 13.2. The van der Waals surface area contributed by atoms with Crippen LogP contribution in [-0.2, 0) is 11.3 Å². The standard InChI is InChI=1S/C22H37N5O.HI/c1-6-23-21(24-15-20(28)26-22(3,4)5)25-19-12-13-27(17(2)14-19)16-18-10-8-7-9-11-18;/h7-11,17,19H,6,12-16H2,1-5H3,(H,26,28)(H2,23,24,25);1H. The number of nitrogens with zero attached hydrogens (tertiary/aromatic N) is 2. The molecule has 1 aliphatic heterocycles. The highest BCUT2D eigenvalue weighted by atomic mass is 127. The monoisotopic (exact) mass is 515 g/mol. The van der Waals surface area contributed by atoms with Gasteiger partial charge in [-0.05, 0) is 53.0 Å². The predicted octanol–water partition coefficient (Wildman–Crippen LogP) is 3.13. The van der Waals surface area contributed by atoms with Gasteiger partial charge in [0, 0.05) is 37.3 Å². The van der Waals surface area contributed by atoms with Crippen molar-refractivity contribution in [1.82, 2.24) is 20.9 Å². The van der Waals surface area contributed by atoms with E-state index in [-0.39, 0.29) is 42.0 Å². The first-order valence-corrected chi connectivity index (χ1v) is 10.4. The van der Waals surface area contributed by atoms with E-state index in [1.54, 1.807) is 0 Å². The summed E-state index contributed by atoms with van der Waals surface area (Å²) in [5.74, 6) is 0.663. The van der Waals surface area contributed by atoms with E-state index in [1.807, 2.05) is 27.7 Å². The zero-order chi connectivity index (χ0) is 20.6. The molecular weight excluding hydrogens is 477 g/mol. The van der Waals surface area contributed by atoms with Gasteiger partial charge in [0.2, 0.25) is 5.91 Å². The summed E-state index contributed by atoms with van der Waals surface area (Å²) in [5.41, 5.74) is 1.12. The molecule has 0 aromatic heterocycles. The fourth-order valence-corrected chi connectivity index (χ4v) is 3.53. The Balaban J connectivity index is 0.00000420. The number of benzene rings is 1. The van der Waals surface area contributed by atoms with Gasteiger partial charge >= 0.3 is 0 Å². The number of halogens is 1. The van der Waals surface area contributed by atoms with Crippen molar-refractivity contribution >= 4 is 35.8 Å². The van der Waals surface area contributed by atoms with Crippen LogP contribution < -0.4 is 16.0 Å². The Bertz CT molecular complexity index is 644. The van der Waals surface area contributed by atoms with Crippen molar-refractivity contribution in [2.24, 2.45) is 4.99 Å². The average molecular weight is 515 g/mol. The average Bonchev–Trinajstić information content (AvgIpc) is 2.62. The normalized spacial score (nSPS) is 20.5. The maximum absolute atomic E-state index is 12.0. The van der Waals surface area contributed by atoms with Crippen LogP contribution in [-0.4, -0.2) is 54.0 Å². The second-order valence-electron chi connectivity index (χ2n) is 8.66. The van der Waals surface area contributed by atoms with Crippen LogP contribution in [0.1, 0.15) is 53.0 Å². The largest absolute Gasteiger partial charge is 0.357 e. The number of carbonyl (C=O) groups excluding carboxylic acids is 1. The first-order valence-electron chi connectivity index (χ1n) is 10.4. The van der Waals surface area contributed by atoms with Gasteiger partial charge in [-0.3, -0.25) is 9.69 Å². The van der Waals surface area contributed by atoms with Crippen molar-refractivity contribution < 1.29 is 4.79 Å². The number of piperidine rings is 1. The molecule has 7 heteroatoms. The molecule has 1 amide bonds. The Labute approximate surface area is 193 Å². The first-order chi connectivity index (χ1) is 13.3. The van der Waals surface area contributed by atoms with E-state index >= 15 is 0 Å². The maximum atomic E-state index is 12.0. The van der Waals surface area contributed by atoms with Gasteiger partial charge in [-0.25, -0.2) is 4.99 Å². The number of rotatable bonds is 6. The van der Waals surface area contributed by atoms with Crippen molar-refractivity contribution in [3.63, 3.8) is 0 Å². The molecule has 1 heterocycles. The van der Waals surface area contributed by atoms with E-state index < -0.39 is 0 Å². The van der Waals surface area contributed by atoms with Gasteiger partial charge in [0.1, 0.15) is 6.54 Å².